The van der Waals surface area contributed by atoms with Gasteiger partial charge in [-0.1, -0.05) is 19.8 Å². The van der Waals surface area contributed by atoms with E-state index in [4.69, 9.17) is 11.2 Å². The Hall–Kier alpha value is -0.520. The molecule has 0 saturated carbocycles. The van der Waals surface area contributed by atoms with Gasteiger partial charge in [0.15, 0.2) is 0 Å². The zero-order valence-corrected chi connectivity index (χ0v) is 8.26. The van der Waals surface area contributed by atoms with Crippen molar-refractivity contribution in [2.75, 3.05) is 13.2 Å². The molecule has 2 heteroatoms. The highest BCUT2D eigenvalue weighted by molar-refractivity contribution is 5.02. The van der Waals surface area contributed by atoms with Gasteiger partial charge in [0.2, 0.25) is 0 Å². The van der Waals surface area contributed by atoms with E-state index in [2.05, 4.69) is 18.2 Å². The van der Waals surface area contributed by atoms with Crippen LogP contribution in [0.15, 0.2) is 0 Å². The number of hydrogen-bond acceptors (Lipinski definition) is 2. The van der Waals surface area contributed by atoms with Gasteiger partial charge >= 0.3 is 0 Å². The van der Waals surface area contributed by atoms with E-state index in [1.54, 1.807) is 0 Å². The van der Waals surface area contributed by atoms with E-state index in [0.29, 0.717) is 0 Å². The summed E-state index contributed by atoms with van der Waals surface area (Å²) in [5.41, 5.74) is 0. The minimum atomic E-state index is 0.0555. The molecule has 0 spiro atoms. The third-order valence-electron chi connectivity index (χ3n) is 1.76. The Bertz CT molecular complexity index is 139. The number of likely N-dealkylation sites (N-methyl/N-ethyl adjacent to an activating group) is 1. The third-order valence-corrected chi connectivity index (χ3v) is 1.76. The van der Waals surface area contributed by atoms with Crippen molar-refractivity contribution in [1.29, 1.82) is 0 Å². The van der Waals surface area contributed by atoms with Crippen LogP contribution in [0, 0.1) is 12.3 Å². The van der Waals surface area contributed by atoms with Crippen molar-refractivity contribution < 1.29 is 4.74 Å². The number of terminal acetylenes is 1. The number of rotatable bonds is 6. The van der Waals surface area contributed by atoms with Crippen molar-refractivity contribution in [2.24, 2.45) is 0 Å². The molecule has 0 rings (SSSR count). The molecule has 0 amide bonds. The normalized spacial score (nSPS) is 15.2. The van der Waals surface area contributed by atoms with Crippen LogP contribution in [-0.2, 0) is 4.74 Å². The van der Waals surface area contributed by atoms with E-state index < -0.39 is 0 Å². The van der Waals surface area contributed by atoms with Crippen LogP contribution in [0.4, 0.5) is 0 Å². The van der Waals surface area contributed by atoms with Crippen LogP contribution in [0.5, 0.6) is 0 Å². The standard InChI is InChI=1S/C10H19NO/c1-5-9(11-7-3)10(6-2)12-8-4/h1,9-11H,6-8H2,2-4H3. The fourth-order valence-electron chi connectivity index (χ4n) is 1.18. The Morgan fingerprint density at radius 3 is 2.42 bits per heavy atom. The van der Waals surface area contributed by atoms with Crippen molar-refractivity contribution in [1.82, 2.24) is 5.32 Å². The summed E-state index contributed by atoms with van der Waals surface area (Å²) in [6.45, 7) is 7.73. The van der Waals surface area contributed by atoms with E-state index in [0.717, 1.165) is 19.6 Å². The molecule has 0 aromatic carbocycles. The molecule has 2 atom stereocenters. The van der Waals surface area contributed by atoms with Gasteiger partial charge in [0.25, 0.3) is 0 Å². The second kappa shape index (κ2) is 7.15. The van der Waals surface area contributed by atoms with Crippen LogP contribution in [0.25, 0.3) is 0 Å². The Labute approximate surface area is 75.7 Å². The minimum absolute atomic E-state index is 0.0555. The van der Waals surface area contributed by atoms with E-state index >= 15 is 0 Å². The maximum absolute atomic E-state index is 5.49. The summed E-state index contributed by atoms with van der Waals surface area (Å²) in [5.74, 6) is 2.70. The second-order valence-electron chi connectivity index (χ2n) is 2.60. The maximum atomic E-state index is 5.49. The molecule has 0 heterocycles. The molecule has 0 radical (unpaired) electrons. The van der Waals surface area contributed by atoms with Gasteiger partial charge in [0.05, 0.1) is 12.1 Å². The summed E-state index contributed by atoms with van der Waals surface area (Å²) < 4.78 is 5.49. The molecule has 0 fully saturated rings. The molecule has 0 bridgehead atoms. The van der Waals surface area contributed by atoms with Gasteiger partial charge in [-0.05, 0) is 19.9 Å². The largest absolute Gasteiger partial charge is 0.376 e. The fourth-order valence-corrected chi connectivity index (χ4v) is 1.18. The van der Waals surface area contributed by atoms with Gasteiger partial charge in [-0.25, -0.2) is 0 Å². The Morgan fingerprint density at radius 1 is 1.42 bits per heavy atom. The first-order chi connectivity index (χ1) is 5.79. The molecule has 0 aliphatic heterocycles. The molecule has 12 heavy (non-hydrogen) atoms. The molecule has 0 saturated heterocycles. The highest BCUT2D eigenvalue weighted by Gasteiger charge is 2.15. The molecule has 70 valence electrons. The van der Waals surface area contributed by atoms with Crippen LogP contribution in [0.2, 0.25) is 0 Å². The zero-order valence-electron chi connectivity index (χ0n) is 8.26. The SMILES string of the molecule is C#CC(NCC)C(CC)OCC. The van der Waals surface area contributed by atoms with Crippen molar-refractivity contribution in [3.05, 3.63) is 0 Å². The smallest absolute Gasteiger partial charge is 0.0952 e. The average molecular weight is 169 g/mol. The summed E-state index contributed by atoms with van der Waals surface area (Å²) in [4.78, 5) is 0. The minimum Gasteiger partial charge on any atom is -0.376 e. The molecule has 1 N–H and O–H groups in total. The Kier molecular flexibility index (Phi) is 6.84. The highest BCUT2D eigenvalue weighted by Crippen LogP contribution is 2.03. The lowest BCUT2D eigenvalue weighted by molar-refractivity contribution is 0.0459. The molecular weight excluding hydrogens is 150 g/mol. The van der Waals surface area contributed by atoms with Crippen LogP contribution >= 0.6 is 0 Å². The summed E-state index contributed by atoms with van der Waals surface area (Å²) in [7, 11) is 0. The predicted molar refractivity (Wildman–Crippen MR) is 52.0 cm³/mol. The summed E-state index contributed by atoms with van der Waals surface area (Å²) in [6, 6.07) is 0.0555. The molecular formula is C10H19NO. The van der Waals surface area contributed by atoms with Crippen molar-refractivity contribution in [3.63, 3.8) is 0 Å². The number of ether oxygens (including phenoxy) is 1. The molecule has 0 aliphatic rings. The van der Waals surface area contributed by atoms with Gasteiger partial charge in [-0.2, -0.15) is 0 Å². The van der Waals surface area contributed by atoms with Crippen molar-refractivity contribution in [2.45, 2.75) is 39.3 Å². The molecule has 0 aromatic heterocycles. The lowest BCUT2D eigenvalue weighted by Crippen LogP contribution is -2.39. The van der Waals surface area contributed by atoms with Gasteiger partial charge in [-0.15, -0.1) is 6.42 Å². The van der Waals surface area contributed by atoms with E-state index in [-0.39, 0.29) is 12.1 Å². The molecule has 0 aliphatic carbocycles. The summed E-state index contributed by atoms with van der Waals surface area (Å²) in [6.07, 6.45) is 6.48. The van der Waals surface area contributed by atoms with Gasteiger partial charge in [0.1, 0.15) is 0 Å². The van der Waals surface area contributed by atoms with E-state index in [1.165, 1.54) is 0 Å². The van der Waals surface area contributed by atoms with E-state index in [1.807, 2.05) is 13.8 Å². The first-order valence-corrected chi connectivity index (χ1v) is 4.61. The van der Waals surface area contributed by atoms with Crippen LogP contribution in [-0.4, -0.2) is 25.3 Å². The predicted octanol–water partition coefficient (Wildman–Crippen LogP) is 1.41. The zero-order chi connectivity index (χ0) is 9.40. The average Bonchev–Trinajstić information content (AvgIpc) is 2.11. The lowest BCUT2D eigenvalue weighted by Gasteiger charge is -2.22. The van der Waals surface area contributed by atoms with Gasteiger partial charge in [-0.3, -0.25) is 0 Å². The van der Waals surface area contributed by atoms with Gasteiger partial charge < -0.3 is 10.1 Å². The lowest BCUT2D eigenvalue weighted by atomic mass is 10.1. The summed E-state index contributed by atoms with van der Waals surface area (Å²) in [5, 5.41) is 3.21. The third kappa shape index (κ3) is 3.75. The second-order valence-corrected chi connectivity index (χ2v) is 2.60. The topological polar surface area (TPSA) is 21.3 Å². The highest BCUT2D eigenvalue weighted by atomic mass is 16.5. The van der Waals surface area contributed by atoms with Crippen molar-refractivity contribution >= 4 is 0 Å². The van der Waals surface area contributed by atoms with Crippen LogP contribution < -0.4 is 5.32 Å². The van der Waals surface area contributed by atoms with E-state index in [9.17, 15) is 0 Å². The number of nitrogens with one attached hydrogen (secondary N) is 1. The fraction of sp³-hybridized carbons (Fsp3) is 0.800. The Morgan fingerprint density at radius 2 is 2.08 bits per heavy atom. The number of hydrogen-bond donors (Lipinski definition) is 1. The molecule has 2 nitrogen and oxygen atoms in total. The molecule has 2 unspecified atom stereocenters. The molecule has 0 aromatic rings. The summed E-state index contributed by atoms with van der Waals surface area (Å²) >= 11 is 0. The maximum Gasteiger partial charge on any atom is 0.0952 e. The first kappa shape index (κ1) is 11.5. The van der Waals surface area contributed by atoms with Crippen molar-refractivity contribution in [3.8, 4) is 12.3 Å². The van der Waals surface area contributed by atoms with Gasteiger partial charge in [0, 0.05) is 6.61 Å². The monoisotopic (exact) mass is 169 g/mol. The Balaban J connectivity index is 3.95. The van der Waals surface area contributed by atoms with Crippen LogP contribution in [0.3, 0.4) is 0 Å². The quantitative estimate of drug-likeness (QED) is 0.607. The first-order valence-electron chi connectivity index (χ1n) is 4.61. The van der Waals surface area contributed by atoms with Crippen LogP contribution in [0.1, 0.15) is 27.2 Å².